The summed E-state index contributed by atoms with van der Waals surface area (Å²) in [5.41, 5.74) is 1.84. The third kappa shape index (κ3) is 4.00. The molecule has 154 valence electrons. The molecule has 0 radical (unpaired) electrons. The minimum atomic E-state index is -0.243. The van der Waals surface area contributed by atoms with Crippen molar-refractivity contribution < 1.29 is 9.53 Å². The summed E-state index contributed by atoms with van der Waals surface area (Å²) in [5, 5.41) is 4.05. The van der Waals surface area contributed by atoms with E-state index >= 15 is 0 Å². The minimum Gasteiger partial charge on any atom is -0.497 e. The molecule has 0 N–H and O–H groups in total. The van der Waals surface area contributed by atoms with E-state index in [9.17, 15) is 9.59 Å². The van der Waals surface area contributed by atoms with Gasteiger partial charge in [0.15, 0.2) is 0 Å². The van der Waals surface area contributed by atoms with Crippen molar-refractivity contribution in [2.75, 3.05) is 38.2 Å². The monoisotopic (exact) mass is 406 g/mol. The number of amides is 1. The van der Waals surface area contributed by atoms with Gasteiger partial charge in [-0.3, -0.25) is 9.59 Å². The molecule has 4 rings (SSSR count). The van der Waals surface area contributed by atoms with Gasteiger partial charge in [-0.2, -0.15) is 5.10 Å². The van der Waals surface area contributed by atoms with Gasteiger partial charge < -0.3 is 14.5 Å². The SMILES string of the molecule is COc1ccc(-c2cc(N3CCN(C(=O)c4ccc(=O)n(C)n4)CC3)ncn2)cc1. The number of rotatable bonds is 4. The predicted octanol–water partition coefficient (Wildman–Crippen LogP) is 1.21. The second-order valence-electron chi connectivity index (χ2n) is 6.95. The first kappa shape index (κ1) is 19.6. The summed E-state index contributed by atoms with van der Waals surface area (Å²) in [4.78, 5) is 36.8. The van der Waals surface area contributed by atoms with E-state index in [1.165, 1.54) is 23.9 Å². The number of hydrogen-bond donors (Lipinski definition) is 0. The smallest absolute Gasteiger partial charge is 0.274 e. The minimum absolute atomic E-state index is 0.174. The van der Waals surface area contributed by atoms with Crippen LogP contribution in [0.1, 0.15) is 10.5 Å². The van der Waals surface area contributed by atoms with Crippen molar-refractivity contribution in [2.24, 2.45) is 7.05 Å². The van der Waals surface area contributed by atoms with Gasteiger partial charge in [0.25, 0.3) is 11.5 Å². The first-order valence-electron chi connectivity index (χ1n) is 9.60. The largest absolute Gasteiger partial charge is 0.497 e. The Bertz CT molecular complexity index is 1100. The van der Waals surface area contributed by atoms with Crippen molar-refractivity contribution in [2.45, 2.75) is 0 Å². The highest BCUT2D eigenvalue weighted by molar-refractivity contribution is 5.92. The van der Waals surface area contributed by atoms with Crippen LogP contribution in [0.5, 0.6) is 5.75 Å². The zero-order valence-electron chi connectivity index (χ0n) is 16.9. The van der Waals surface area contributed by atoms with Gasteiger partial charge in [0, 0.05) is 50.9 Å². The average molecular weight is 406 g/mol. The molecule has 30 heavy (non-hydrogen) atoms. The first-order chi connectivity index (χ1) is 14.5. The fraction of sp³-hybridized carbons (Fsp3) is 0.286. The lowest BCUT2D eigenvalue weighted by Crippen LogP contribution is -2.49. The van der Waals surface area contributed by atoms with E-state index < -0.39 is 0 Å². The number of methoxy groups -OCH3 is 1. The Balaban J connectivity index is 1.44. The molecular formula is C21H22N6O3. The van der Waals surface area contributed by atoms with Crippen molar-refractivity contribution in [3.63, 3.8) is 0 Å². The predicted molar refractivity (Wildman–Crippen MR) is 112 cm³/mol. The molecule has 0 spiro atoms. The normalized spacial score (nSPS) is 13.9. The Morgan fingerprint density at radius 2 is 1.73 bits per heavy atom. The van der Waals surface area contributed by atoms with Gasteiger partial charge >= 0.3 is 0 Å². The zero-order chi connectivity index (χ0) is 21.1. The number of carbonyl (C=O) groups excluding carboxylic acids is 1. The molecule has 0 atom stereocenters. The molecule has 2 aromatic heterocycles. The lowest BCUT2D eigenvalue weighted by molar-refractivity contribution is 0.0738. The van der Waals surface area contributed by atoms with E-state index in [0.29, 0.717) is 26.2 Å². The summed E-state index contributed by atoms with van der Waals surface area (Å²) in [7, 11) is 3.17. The van der Waals surface area contributed by atoms with Crippen LogP contribution in [0.2, 0.25) is 0 Å². The number of hydrogen-bond acceptors (Lipinski definition) is 7. The topological polar surface area (TPSA) is 93.5 Å². The van der Waals surface area contributed by atoms with Crippen LogP contribution in [-0.4, -0.2) is 63.8 Å². The summed E-state index contributed by atoms with van der Waals surface area (Å²) >= 11 is 0. The second kappa shape index (κ2) is 8.32. The van der Waals surface area contributed by atoms with E-state index in [4.69, 9.17) is 4.74 Å². The zero-order valence-corrected chi connectivity index (χ0v) is 16.9. The number of aromatic nitrogens is 4. The van der Waals surface area contributed by atoms with E-state index in [1.54, 1.807) is 18.3 Å². The Hall–Kier alpha value is -3.75. The van der Waals surface area contributed by atoms with Gasteiger partial charge in [-0.15, -0.1) is 0 Å². The van der Waals surface area contributed by atoms with Crippen molar-refractivity contribution in [3.05, 3.63) is 64.8 Å². The maximum absolute atomic E-state index is 12.7. The molecule has 0 bridgehead atoms. The molecule has 3 aromatic rings. The molecule has 3 heterocycles. The molecule has 1 aromatic carbocycles. The maximum Gasteiger partial charge on any atom is 0.274 e. The summed E-state index contributed by atoms with van der Waals surface area (Å²) in [6, 6.07) is 12.5. The van der Waals surface area contributed by atoms with Gasteiger partial charge in [-0.1, -0.05) is 0 Å². The molecule has 1 fully saturated rings. The van der Waals surface area contributed by atoms with Gasteiger partial charge in [0.2, 0.25) is 0 Å². The number of carbonyl (C=O) groups is 1. The quantitative estimate of drug-likeness (QED) is 0.643. The van der Waals surface area contributed by atoms with Crippen LogP contribution in [0.4, 0.5) is 5.82 Å². The Morgan fingerprint density at radius 1 is 1.00 bits per heavy atom. The van der Waals surface area contributed by atoms with E-state index in [-0.39, 0.29) is 17.2 Å². The Labute approximate surface area is 173 Å². The third-order valence-electron chi connectivity index (χ3n) is 5.11. The molecule has 1 aliphatic rings. The number of aryl methyl sites for hydroxylation is 1. The fourth-order valence-corrected chi connectivity index (χ4v) is 3.36. The molecular weight excluding hydrogens is 384 g/mol. The number of piperazine rings is 1. The lowest BCUT2D eigenvalue weighted by atomic mass is 10.1. The Morgan fingerprint density at radius 3 is 2.40 bits per heavy atom. The van der Waals surface area contributed by atoms with Crippen LogP contribution in [0.25, 0.3) is 11.3 Å². The molecule has 0 unspecified atom stereocenters. The van der Waals surface area contributed by atoms with Crippen LogP contribution in [0, 0.1) is 0 Å². The van der Waals surface area contributed by atoms with Gasteiger partial charge in [0.1, 0.15) is 23.6 Å². The summed E-state index contributed by atoms with van der Waals surface area (Å²) in [6.45, 7) is 2.39. The first-order valence-corrected chi connectivity index (χ1v) is 9.60. The molecule has 9 heteroatoms. The summed E-state index contributed by atoms with van der Waals surface area (Å²) in [5.74, 6) is 1.44. The van der Waals surface area contributed by atoms with Crippen LogP contribution in [-0.2, 0) is 7.05 Å². The van der Waals surface area contributed by atoms with E-state index in [2.05, 4.69) is 20.0 Å². The van der Waals surface area contributed by atoms with Crippen molar-refractivity contribution in [3.8, 4) is 17.0 Å². The van der Waals surface area contributed by atoms with Gasteiger partial charge in [-0.25, -0.2) is 14.6 Å². The molecule has 0 aliphatic carbocycles. The van der Waals surface area contributed by atoms with Crippen molar-refractivity contribution in [1.82, 2.24) is 24.6 Å². The molecule has 1 aliphatic heterocycles. The van der Waals surface area contributed by atoms with E-state index in [1.807, 2.05) is 30.3 Å². The molecule has 0 saturated carbocycles. The standard InChI is InChI=1S/C21H22N6O3/c1-25-20(28)8-7-17(24-25)21(29)27-11-9-26(10-12-27)19-13-18(22-14-23-19)15-3-5-16(30-2)6-4-15/h3-8,13-14H,9-12H2,1-2H3. The van der Waals surface area contributed by atoms with Crippen LogP contribution < -0.4 is 15.2 Å². The van der Waals surface area contributed by atoms with Crippen LogP contribution in [0.15, 0.2) is 53.6 Å². The highest BCUT2D eigenvalue weighted by atomic mass is 16.5. The van der Waals surface area contributed by atoms with Crippen molar-refractivity contribution >= 4 is 11.7 Å². The number of anilines is 1. The lowest BCUT2D eigenvalue weighted by Gasteiger charge is -2.35. The number of benzene rings is 1. The maximum atomic E-state index is 12.7. The van der Waals surface area contributed by atoms with Gasteiger partial charge in [-0.05, 0) is 30.3 Å². The highest BCUT2D eigenvalue weighted by Gasteiger charge is 2.24. The highest BCUT2D eigenvalue weighted by Crippen LogP contribution is 2.23. The van der Waals surface area contributed by atoms with Crippen LogP contribution >= 0.6 is 0 Å². The van der Waals surface area contributed by atoms with Crippen molar-refractivity contribution in [1.29, 1.82) is 0 Å². The Kier molecular flexibility index (Phi) is 5.42. The molecule has 9 nitrogen and oxygen atoms in total. The molecule has 1 saturated heterocycles. The molecule has 1 amide bonds. The summed E-state index contributed by atoms with van der Waals surface area (Å²) < 4.78 is 6.37. The number of ether oxygens (including phenoxy) is 1. The fourth-order valence-electron chi connectivity index (χ4n) is 3.36. The summed E-state index contributed by atoms with van der Waals surface area (Å²) in [6.07, 6.45) is 1.56. The van der Waals surface area contributed by atoms with Crippen LogP contribution in [0.3, 0.4) is 0 Å². The number of nitrogens with zero attached hydrogens (tertiary/aromatic N) is 6. The third-order valence-corrected chi connectivity index (χ3v) is 5.11. The van der Waals surface area contributed by atoms with Gasteiger partial charge in [0.05, 0.1) is 12.8 Å². The van der Waals surface area contributed by atoms with E-state index in [0.717, 1.165) is 22.8 Å². The average Bonchev–Trinajstić information content (AvgIpc) is 2.80. The second-order valence-corrected chi connectivity index (χ2v) is 6.95.